The summed E-state index contributed by atoms with van der Waals surface area (Å²) in [4.78, 5) is 24.0. The first-order valence-corrected chi connectivity index (χ1v) is 11.9. The van der Waals surface area contributed by atoms with E-state index < -0.39 is 33.7 Å². The van der Waals surface area contributed by atoms with Crippen LogP contribution in [0.15, 0.2) is 53.4 Å². The second kappa shape index (κ2) is 11.5. The van der Waals surface area contributed by atoms with Gasteiger partial charge in [0.15, 0.2) is 6.10 Å². The summed E-state index contributed by atoms with van der Waals surface area (Å²) in [7, 11) is -3.88. The molecule has 0 heterocycles. The summed E-state index contributed by atoms with van der Waals surface area (Å²) in [5, 5.41) is 13.9. The fourth-order valence-corrected chi connectivity index (χ4v) is 3.68. The molecule has 1 unspecified atom stereocenters. The van der Waals surface area contributed by atoms with E-state index in [-0.39, 0.29) is 23.7 Å². The third-order valence-corrected chi connectivity index (χ3v) is 5.62. The van der Waals surface area contributed by atoms with Crippen LogP contribution in [0.25, 0.3) is 0 Å². The summed E-state index contributed by atoms with van der Waals surface area (Å²) >= 11 is 0. The van der Waals surface area contributed by atoms with Crippen LogP contribution in [0.5, 0.6) is 5.75 Å². The molecule has 0 spiro atoms. The molecule has 34 heavy (non-hydrogen) atoms. The average Bonchev–Trinajstić information content (AvgIpc) is 2.76. The molecule has 0 aliphatic carbocycles. The van der Waals surface area contributed by atoms with Crippen LogP contribution < -0.4 is 20.1 Å². The number of benzene rings is 2. The summed E-state index contributed by atoms with van der Waals surface area (Å²) in [5.74, 6) is -0.0596. The van der Waals surface area contributed by atoms with Crippen molar-refractivity contribution in [1.82, 2.24) is 10.0 Å². The first-order valence-electron chi connectivity index (χ1n) is 10.4. The van der Waals surface area contributed by atoms with E-state index in [1.165, 1.54) is 18.2 Å². The molecule has 11 heteroatoms. The van der Waals surface area contributed by atoms with Gasteiger partial charge in [-0.05, 0) is 70.2 Å². The number of rotatable bonds is 9. The molecule has 2 rings (SSSR count). The largest absolute Gasteiger partial charge is 0.481 e. The van der Waals surface area contributed by atoms with Gasteiger partial charge in [0.1, 0.15) is 11.4 Å². The zero-order chi connectivity index (χ0) is 25.4. The Kier molecular flexibility index (Phi) is 9.00. The van der Waals surface area contributed by atoms with Crippen LogP contribution in [0.1, 0.15) is 33.3 Å². The van der Waals surface area contributed by atoms with Gasteiger partial charge in [0.05, 0.1) is 16.5 Å². The second-order valence-electron chi connectivity index (χ2n) is 8.24. The first kappa shape index (κ1) is 26.6. The van der Waals surface area contributed by atoms with Gasteiger partial charge in [-0.2, -0.15) is 5.26 Å². The Balaban J connectivity index is 1.91. The number of amides is 2. The molecule has 3 N–H and O–H groups in total. The van der Waals surface area contributed by atoms with Crippen LogP contribution in [-0.2, 0) is 19.6 Å². The zero-order valence-corrected chi connectivity index (χ0v) is 20.2. The lowest BCUT2D eigenvalue weighted by Crippen LogP contribution is -2.37. The highest BCUT2D eigenvalue weighted by molar-refractivity contribution is 7.89. The minimum atomic E-state index is -3.88. The smallest absolute Gasteiger partial charge is 0.407 e. The number of sulfonamides is 1. The highest BCUT2D eigenvalue weighted by Crippen LogP contribution is 2.17. The van der Waals surface area contributed by atoms with Gasteiger partial charge in [0, 0.05) is 18.8 Å². The van der Waals surface area contributed by atoms with Crippen LogP contribution in [0.2, 0.25) is 0 Å². The van der Waals surface area contributed by atoms with Gasteiger partial charge < -0.3 is 20.1 Å². The molecule has 0 bridgehead atoms. The number of hydrogen-bond donors (Lipinski definition) is 3. The third-order valence-electron chi connectivity index (χ3n) is 4.16. The van der Waals surface area contributed by atoms with E-state index >= 15 is 0 Å². The molecule has 0 aliphatic heterocycles. The standard InChI is InChI=1S/C23H28N4O6S/c1-16(32-19-10-8-17(15-24)9-11-19)21(28)27-18-6-5-7-20(14-18)34(30,31)26-13-12-25-22(29)33-23(2,3)4/h5-11,14,16,26H,12-13H2,1-4H3,(H,25,29)(H,27,28). The van der Waals surface area contributed by atoms with Crippen molar-refractivity contribution in [2.75, 3.05) is 18.4 Å². The third kappa shape index (κ3) is 8.73. The molecule has 182 valence electrons. The quantitative estimate of drug-likeness (QED) is 0.460. The van der Waals surface area contributed by atoms with Gasteiger partial charge in [-0.1, -0.05) is 6.07 Å². The van der Waals surface area contributed by atoms with Gasteiger partial charge in [-0.25, -0.2) is 17.9 Å². The number of nitrogens with one attached hydrogen (secondary N) is 3. The van der Waals surface area contributed by atoms with Crippen molar-refractivity contribution in [1.29, 1.82) is 5.26 Å². The Hall–Kier alpha value is -3.62. The Morgan fingerprint density at radius 2 is 1.76 bits per heavy atom. The molecular formula is C23H28N4O6S. The molecule has 10 nitrogen and oxygen atoms in total. The highest BCUT2D eigenvalue weighted by atomic mass is 32.2. The number of alkyl carbamates (subject to hydrolysis) is 1. The number of carbonyl (C=O) groups excluding carboxylic acids is 2. The number of hydrogen-bond acceptors (Lipinski definition) is 7. The Labute approximate surface area is 199 Å². The van der Waals surface area contributed by atoms with Crippen LogP contribution in [0.4, 0.5) is 10.5 Å². The highest BCUT2D eigenvalue weighted by Gasteiger charge is 2.19. The van der Waals surface area contributed by atoms with Gasteiger partial charge >= 0.3 is 6.09 Å². The second-order valence-corrected chi connectivity index (χ2v) is 10.0. The predicted octanol–water partition coefficient (Wildman–Crippen LogP) is 2.77. The van der Waals surface area contributed by atoms with Gasteiger partial charge in [0.2, 0.25) is 10.0 Å². The van der Waals surface area contributed by atoms with E-state index in [4.69, 9.17) is 14.7 Å². The lowest BCUT2D eigenvalue weighted by Gasteiger charge is -2.19. The fraction of sp³-hybridized carbons (Fsp3) is 0.348. The average molecular weight is 489 g/mol. The first-order chi connectivity index (χ1) is 15.9. The lowest BCUT2D eigenvalue weighted by atomic mass is 10.2. The van der Waals surface area contributed by atoms with Crippen LogP contribution in [-0.4, -0.2) is 45.2 Å². The Morgan fingerprint density at radius 3 is 2.38 bits per heavy atom. The van der Waals surface area contributed by atoms with Gasteiger partial charge in [-0.15, -0.1) is 0 Å². The zero-order valence-electron chi connectivity index (χ0n) is 19.4. The summed E-state index contributed by atoms with van der Waals surface area (Å²) < 4.78 is 38.1. The topological polar surface area (TPSA) is 147 Å². The number of anilines is 1. The summed E-state index contributed by atoms with van der Waals surface area (Å²) in [6.45, 7) is 6.71. The molecular weight excluding hydrogens is 460 g/mol. The van der Waals surface area contributed by atoms with Gasteiger partial charge in [-0.3, -0.25) is 4.79 Å². The van der Waals surface area contributed by atoms with Gasteiger partial charge in [0.25, 0.3) is 5.91 Å². The molecule has 2 amide bonds. The molecule has 1 atom stereocenters. The summed E-state index contributed by atoms with van der Waals surface area (Å²) in [6.07, 6.45) is -1.51. The molecule has 0 aliphatic rings. The molecule has 0 saturated heterocycles. The summed E-state index contributed by atoms with van der Waals surface area (Å²) in [6, 6.07) is 14.1. The number of nitriles is 1. The van der Waals surface area contributed by atoms with Crippen LogP contribution in [0.3, 0.4) is 0 Å². The maximum Gasteiger partial charge on any atom is 0.407 e. The van der Waals surface area contributed by atoms with Crippen molar-refractivity contribution in [3.05, 3.63) is 54.1 Å². The van der Waals surface area contributed by atoms with Crippen molar-refractivity contribution in [2.45, 2.75) is 44.3 Å². The van der Waals surface area contributed by atoms with Crippen molar-refractivity contribution < 1.29 is 27.5 Å². The monoisotopic (exact) mass is 488 g/mol. The maximum absolute atomic E-state index is 12.6. The minimum absolute atomic E-state index is 0.0365. The molecule has 0 fully saturated rings. The normalized spacial score (nSPS) is 12.2. The molecule has 2 aromatic rings. The Morgan fingerprint density at radius 1 is 1.09 bits per heavy atom. The van der Waals surface area contributed by atoms with Crippen molar-refractivity contribution in [2.24, 2.45) is 0 Å². The van der Waals surface area contributed by atoms with E-state index in [1.807, 2.05) is 6.07 Å². The van der Waals surface area contributed by atoms with E-state index in [1.54, 1.807) is 58.0 Å². The van der Waals surface area contributed by atoms with Crippen molar-refractivity contribution in [3.63, 3.8) is 0 Å². The minimum Gasteiger partial charge on any atom is -0.481 e. The number of carbonyl (C=O) groups is 2. The van der Waals surface area contributed by atoms with E-state index in [0.717, 1.165) is 0 Å². The van der Waals surface area contributed by atoms with Crippen LogP contribution >= 0.6 is 0 Å². The predicted molar refractivity (Wildman–Crippen MR) is 126 cm³/mol. The van der Waals surface area contributed by atoms with E-state index in [9.17, 15) is 18.0 Å². The molecule has 0 radical (unpaired) electrons. The maximum atomic E-state index is 12.6. The fourth-order valence-electron chi connectivity index (χ4n) is 2.60. The summed E-state index contributed by atoms with van der Waals surface area (Å²) in [5.41, 5.74) is 0.0886. The van der Waals surface area contributed by atoms with Crippen molar-refractivity contribution >= 4 is 27.7 Å². The SMILES string of the molecule is CC(Oc1ccc(C#N)cc1)C(=O)Nc1cccc(S(=O)(=O)NCCNC(=O)OC(C)(C)C)c1. The molecule has 0 saturated carbocycles. The lowest BCUT2D eigenvalue weighted by molar-refractivity contribution is -0.122. The van der Waals surface area contributed by atoms with E-state index in [2.05, 4.69) is 15.4 Å². The van der Waals surface area contributed by atoms with E-state index in [0.29, 0.717) is 11.3 Å². The van der Waals surface area contributed by atoms with Crippen LogP contribution in [0, 0.1) is 11.3 Å². The molecule has 2 aromatic carbocycles. The molecule has 0 aromatic heterocycles. The number of ether oxygens (including phenoxy) is 2. The number of nitrogens with zero attached hydrogens (tertiary/aromatic N) is 1. The Bertz CT molecular complexity index is 1150. The van der Waals surface area contributed by atoms with Crippen molar-refractivity contribution in [3.8, 4) is 11.8 Å².